The molecule has 0 radical (unpaired) electrons. The normalized spacial score (nSPS) is 12.2. The molecule has 0 aliphatic heterocycles. The van der Waals surface area contributed by atoms with Crippen LogP contribution in [0.25, 0.3) is 0 Å². The summed E-state index contributed by atoms with van der Waals surface area (Å²) in [6, 6.07) is 3.87. The predicted octanol–water partition coefficient (Wildman–Crippen LogP) is 2.14. The Bertz CT molecular complexity index is 651. The lowest BCUT2D eigenvalue weighted by molar-refractivity contribution is 0.100. The molecule has 0 aliphatic carbocycles. The number of aromatic nitrogens is 2. The van der Waals surface area contributed by atoms with Gasteiger partial charge in [0.1, 0.15) is 5.82 Å². The molecule has 20 heavy (non-hydrogen) atoms. The molecule has 1 amide bonds. The molecule has 0 spiro atoms. The van der Waals surface area contributed by atoms with Crippen molar-refractivity contribution >= 4 is 11.6 Å². The smallest absolute Gasteiger partial charge is 0.248 e. The van der Waals surface area contributed by atoms with Crippen LogP contribution in [0.4, 0.5) is 10.1 Å². The van der Waals surface area contributed by atoms with E-state index in [0.717, 1.165) is 11.3 Å². The molecule has 1 heterocycles. The summed E-state index contributed by atoms with van der Waals surface area (Å²) >= 11 is 0. The molecule has 2 rings (SSSR count). The Morgan fingerprint density at radius 3 is 2.75 bits per heavy atom. The Kier molecular flexibility index (Phi) is 3.74. The first-order chi connectivity index (χ1) is 9.38. The van der Waals surface area contributed by atoms with Crippen LogP contribution in [-0.4, -0.2) is 15.7 Å². The third kappa shape index (κ3) is 2.79. The van der Waals surface area contributed by atoms with Gasteiger partial charge < -0.3 is 11.1 Å². The lowest BCUT2D eigenvalue weighted by atomic mass is 10.1. The van der Waals surface area contributed by atoms with Gasteiger partial charge in [-0.05, 0) is 32.0 Å². The van der Waals surface area contributed by atoms with Crippen molar-refractivity contribution in [3.63, 3.8) is 0 Å². The molecule has 0 bridgehead atoms. The third-order valence-corrected chi connectivity index (χ3v) is 3.14. The van der Waals surface area contributed by atoms with Crippen molar-refractivity contribution in [1.29, 1.82) is 0 Å². The zero-order chi connectivity index (χ0) is 14.9. The van der Waals surface area contributed by atoms with Crippen LogP contribution in [0.1, 0.15) is 34.6 Å². The fourth-order valence-electron chi connectivity index (χ4n) is 2.14. The standard InChI is InChI=1S/C14H17FN4O/c1-8(11-7-19(3)18-9(11)2)17-13-6-10(14(16)20)4-5-12(13)15/h4-8,17H,1-3H3,(H2,16,20). The highest BCUT2D eigenvalue weighted by molar-refractivity contribution is 5.93. The monoisotopic (exact) mass is 276 g/mol. The number of rotatable bonds is 4. The van der Waals surface area contributed by atoms with E-state index >= 15 is 0 Å². The SMILES string of the molecule is Cc1nn(C)cc1C(C)Nc1cc(C(N)=O)ccc1F. The largest absolute Gasteiger partial charge is 0.376 e. The number of carbonyl (C=O) groups excluding carboxylic acids is 1. The lowest BCUT2D eigenvalue weighted by Gasteiger charge is -2.15. The average Bonchev–Trinajstić information content (AvgIpc) is 2.71. The molecule has 6 heteroatoms. The van der Waals surface area contributed by atoms with Crippen molar-refractivity contribution in [3.05, 3.63) is 47.0 Å². The summed E-state index contributed by atoms with van der Waals surface area (Å²) in [6.07, 6.45) is 1.88. The maximum Gasteiger partial charge on any atom is 0.248 e. The minimum atomic E-state index is -0.585. The first-order valence-electron chi connectivity index (χ1n) is 6.24. The van der Waals surface area contributed by atoms with E-state index in [-0.39, 0.29) is 17.3 Å². The fourth-order valence-corrected chi connectivity index (χ4v) is 2.14. The summed E-state index contributed by atoms with van der Waals surface area (Å²) in [6.45, 7) is 3.80. The van der Waals surface area contributed by atoms with Gasteiger partial charge >= 0.3 is 0 Å². The zero-order valence-electron chi connectivity index (χ0n) is 11.6. The second-order valence-corrected chi connectivity index (χ2v) is 4.77. The van der Waals surface area contributed by atoms with Gasteiger partial charge in [0.05, 0.1) is 17.4 Å². The molecular formula is C14H17FN4O. The van der Waals surface area contributed by atoms with Crippen LogP contribution in [0.3, 0.4) is 0 Å². The Morgan fingerprint density at radius 1 is 1.50 bits per heavy atom. The molecule has 3 N–H and O–H groups in total. The number of amides is 1. The maximum atomic E-state index is 13.8. The molecule has 1 atom stereocenters. The van der Waals surface area contributed by atoms with Crippen LogP contribution in [-0.2, 0) is 7.05 Å². The number of carbonyl (C=O) groups is 1. The number of nitrogens with two attached hydrogens (primary N) is 1. The van der Waals surface area contributed by atoms with E-state index in [1.807, 2.05) is 27.1 Å². The maximum absolute atomic E-state index is 13.8. The highest BCUT2D eigenvalue weighted by Gasteiger charge is 2.14. The summed E-state index contributed by atoms with van der Waals surface area (Å²) in [4.78, 5) is 11.1. The molecular weight excluding hydrogens is 259 g/mol. The van der Waals surface area contributed by atoms with Crippen LogP contribution in [0, 0.1) is 12.7 Å². The number of aryl methyl sites for hydroxylation is 2. The highest BCUT2D eigenvalue weighted by atomic mass is 19.1. The van der Waals surface area contributed by atoms with Gasteiger partial charge in [0, 0.05) is 24.4 Å². The fraction of sp³-hybridized carbons (Fsp3) is 0.286. The Morgan fingerprint density at radius 2 is 2.20 bits per heavy atom. The van der Waals surface area contributed by atoms with Gasteiger partial charge in [0.2, 0.25) is 5.91 Å². The lowest BCUT2D eigenvalue weighted by Crippen LogP contribution is -2.13. The van der Waals surface area contributed by atoms with E-state index in [1.165, 1.54) is 18.2 Å². The van der Waals surface area contributed by atoms with Crippen LogP contribution in [0.15, 0.2) is 24.4 Å². The van der Waals surface area contributed by atoms with Gasteiger partial charge in [0.15, 0.2) is 0 Å². The first kappa shape index (κ1) is 14.0. The minimum Gasteiger partial charge on any atom is -0.376 e. The summed E-state index contributed by atoms with van der Waals surface area (Å²) in [7, 11) is 1.83. The van der Waals surface area contributed by atoms with Crippen molar-refractivity contribution in [3.8, 4) is 0 Å². The zero-order valence-corrected chi connectivity index (χ0v) is 11.6. The Labute approximate surface area is 116 Å². The summed E-state index contributed by atoms with van der Waals surface area (Å²) in [5, 5.41) is 7.29. The highest BCUT2D eigenvalue weighted by Crippen LogP contribution is 2.24. The topological polar surface area (TPSA) is 72.9 Å². The second-order valence-electron chi connectivity index (χ2n) is 4.77. The quantitative estimate of drug-likeness (QED) is 0.898. The third-order valence-electron chi connectivity index (χ3n) is 3.14. The van der Waals surface area contributed by atoms with Crippen molar-refractivity contribution in [1.82, 2.24) is 9.78 Å². The Balaban J connectivity index is 2.27. The van der Waals surface area contributed by atoms with Crippen LogP contribution >= 0.6 is 0 Å². The van der Waals surface area contributed by atoms with Gasteiger partial charge in [0.25, 0.3) is 0 Å². The molecule has 106 valence electrons. The van der Waals surface area contributed by atoms with Crippen molar-refractivity contribution < 1.29 is 9.18 Å². The van der Waals surface area contributed by atoms with Crippen molar-refractivity contribution in [2.75, 3.05) is 5.32 Å². The van der Waals surface area contributed by atoms with E-state index in [9.17, 15) is 9.18 Å². The number of nitrogens with one attached hydrogen (secondary N) is 1. The summed E-state index contributed by atoms with van der Waals surface area (Å²) in [5.41, 5.74) is 7.56. The number of hydrogen-bond donors (Lipinski definition) is 2. The van der Waals surface area contributed by atoms with Gasteiger partial charge in [-0.2, -0.15) is 5.10 Å². The van der Waals surface area contributed by atoms with Crippen LogP contribution in [0.5, 0.6) is 0 Å². The van der Waals surface area contributed by atoms with E-state index < -0.39 is 11.7 Å². The number of benzene rings is 1. The predicted molar refractivity (Wildman–Crippen MR) is 74.9 cm³/mol. The van der Waals surface area contributed by atoms with E-state index in [4.69, 9.17) is 5.73 Å². The van der Waals surface area contributed by atoms with Crippen LogP contribution < -0.4 is 11.1 Å². The molecule has 0 saturated carbocycles. The van der Waals surface area contributed by atoms with Crippen LogP contribution in [0.2, 0.25) is 0 Å². The molecule has 1 unspecified atom stereocenters. The van der Waals surface area contributed by atoms with Crippen molar-refractivity contribution in [2.45, 2.75) is 19.9 Å². The van der Waals surface area contributed by atoms with Gasteiger partial charge in [-0.15, -0.1) is 0 Å². The summed E-state index contributed by atoms with van der Waals surface area (Å²) in [5.74, 6) is -1.01. The van der Waals surface area contributed by atoms with Gasteiger partial charge in [-0.3, -0.25) is 9.48 Å². The molecule has 0 aliphatic rings. The molecule has 5 nitrogen and oxygen atoms in total. The molecule has 0 fully saturated rings. The first-order valence-corrected chi connectivity index (χ1v) is 6.24. The minimum absolute atomic E-state index is 0.138. The number of nitrogens with zero attached hydrogens (tertiary/aromatic N) is 2. The number of primary amides is 1. The molecule has 2 aromatic rings. The molecule has 1 aromatic carbocycles. The molecule has 0 saturated heterocycles. The molecule has 1 aromatic heterocycles. The Hall–Kier alpha value is -2.37. The van der Waals surface area contributed by atoms with Gasteiger partial charge in [-0.25, -0.2) is 4.39 Å². The van der Waals surface area contributed by atoms with Crippen molar-refractivity contribution in [2.24, 2.45) is 12.8 Å². The number of halogens is 1. The number of anilines is 1. The van der Waals surface area contributed by atoms with E-state index in [2.05, 4.69) is 10.4 Å². The van der Waals surface area contributed by atoms with E-state index in [1.54, 1.807) is 4.68 Å². The van der Waals surface area contributed by atoms with E-state index in [0.29, 0.717) is 0 Å². The average molecular weight is 276 g/mol. The second kappa shape index (κ2) is 5.32. The summed E-state index contributed by atoms with van der Waals surface area (Å²) < 4.78 is 15.5. The van der Waals surface area contributed by atoms with Gasteiger partial charge in [-0.1, -0.05) is 0 Å². The number of hydrogen-bond acceptors (Lipinski definition) is 3.